The molecule has 6 heteroatoms. The van der Waals surface area contributed by atoms with Gasteiger partial charge in [0.25, 0.3) is 0 Å². The minimum atomic E-state index is -0.147. The van der Waals surface area contributed by atoms with Gasteiger partial charge in [0.1, 0.15) is 0 Å². The molecular formula is C19H30N4O2. The predicted molar refractivity (Wildman–Crippen MR) is 99.2 cm³/mol. The molecule has 1 fully saturated rings. The first-order valence-electron chi connectivity index (χ1n) is 8.99. The van der Waals surface area contributed by atoms with Gasteiger partial charge < -0.3 is 10.6 Å². The number of nitrogens with zero attached hydrogens (tertiary/aromatic N) is 2. The molecular weight excluding hydrogens is 316 g/mol. The quantitative estimate of drug-likeness (QED) is 0.765. The minimum absolute atomic E-state index is 0.0459. The van der Waals surface area contributed by atoms with E-state index >= 15 is 0 Å². The largest absolute Gasteiger partial charge is 0.352 e. The predicted octanol–water partition coefficient (Wildman–Crippen LogP) is 0.753. The van der Waals surface area contributed by atoms with Crippen LogP contribution >= 0.6 is 0 Å². The Morgan fingerprint density at radius 1 is 1.04 bits per heavy atom. The summed E-state index contributed by atoms with van der Waals surface area (Å²) in [7, 11) is 0. The van der Waals surface area contributed by atoms with E-state index in [1.165, 1.54) is 11.1 Å². The van der Waals surface area contributed by atoms with Crippen molar-refractivity contribution >= 4 is 11.8 Å². The molecule has 0 spiro atoms. The first-order chi connectivity index (χ1) is 11.9. The van der Waals surface area contributed by atoms with Gasteiger partial charge in [0.05, 0.1) is 13.1 Å². The molecule has 1 aliphatic rings. The lowest BCUT2D eigenvalue weighted by Crippen LogP contribution is -2.50. The van der Waals surface area contributed by atoms with Crippen molar-refractivity contribution in [3.05, 3.63) is 35.4 Å². The number of benzene rings is 1. The normalized spacial score (nSPS) is 16.0. The maximum absolute atomic E-state index is 12.0. The van der Waals surface area contributed by atoms with Crippen molar-refractivity contribution in [2.45, 2.75) is 33.4 Å². The van der Waals surface area contributed by atoms with Crippen molar-refractivity contribution in [3.63, 3.8) is 0 Å². The molecule has 1 saturated heterocycles. The Kier molecular flexibility index (Phi) is 7.40. The third kappa shape index (κ3) is 6.84. The summed E-state index contributed by atoms with van der Waals surface area (Å²) < 4.78 is 0. The zero-order chi connectivity index (χ0) is 18.2. The smallest absolute Gasteiger partial charge is 0.239 e. The van der Waals surface area contributed by atoms with E-state index in [1.54, 1.807) is 0 Å². The average Bonchev–Trinajstić information content (AvgIpc) is 2.56. The fourth-order valence-corrected chi connectivity index (χ4v) is 2.94. The molecule has 25 heavy (non-hydrogen) atoms. The lowest BCUT2D eigenvalue weighted by Gasteiger charge is -2.34. The van der Waals surface area contributed by atoms with Gasteiger partial charge in [-0.25, -0.2) is 0 Å². The van der Waals surface area contributed by atoms with E-state index in [9.17, 15) is 9.59 Å². The molecule has 1 heterocycles. The van der Waals surface area contributed by atoms with Gasteiger partial charge in [-0.2, -0.15) is 0 Å². The number of hydrogen-bond acceptors (Lipinski definition) is 4. The van der Waals surface area contributed by atoms with Crippen LogP contribution in [0.25, 0.3) is 0 Å². The van der Waals surface area contributed by atoms with Crippen LogP contribution in [0.2, 0.25) is 0 Å². The van der Waals surface area contributed by atoms with Crippen molar-refractivity contribution in [2.75, 3.05) is 39.3 Å². The minimum Gasteiger partial charge on any atom is -0.352 e. The summed E-state index contributed by atoms with van der Waals surface area (Å²) in [6.07, 6.45) is 0. The lowest BCUT2D eigenvalue weighted by molar-refractivity contribution is -0.127. The van der Waals surface area contributed by atoms with Crippen molar-refractivity contribution < 1.29 is 9.59 Å². The van der Waals surface area contributed by atoms with E-state index in [-0.39, 0.29) is 24.4 Å². The van der Waals surface area contributed by atoms with E-state index in [2.05, 4.69) is 51.6 Å². The SMILES string of the molecule is Cc1ccccc1CN1CCN(CC(=O)NCC(=O)NC(C)C)CC1. The number of piperazine rings is 1. The molecule has 0 saturated carbocycles. The summed E-state index contributed by atoms with van der Waals surface area (Å²) in [5.74, 6) is -0.238. The zero-order valence-electron chi connectivity index (χ0n) is 15.5. The molecule has 2 N–H and O–H groups in total. The molecule has 0 aromatic heterocycles. The number of carbonyl (C=O) groups is 2. The second kappa shape index (κ2) is 9.53. The highest BCUT2D eigenvalue weighted by molar-refractivity contribution is 5.85. The molecule has 1 aromatic rings. The number of carbonyl (C=O) groups excluding carboxylic acids is 2. The Bertz CT molecular complexity index is 581. The van der Waals surface area contributed by atoms with Gasteiger partial charge in [-0.3, -0.25) is 19.4 Å². The van der Waals surface area contributed by atoms with E-state index < -0.39 is 0 Å². The summed E-state index contributed by atoms with van der Waals surface area (Å²) in [6.45, 7) is 11.0. The third-order valence-corrected chi connectivity index (χ3v) is 4.38. The number of amides is 2. The van der Waals surface area contributed by atoms with Crippen molar-refractivity contribution in [1.29, 1.82) is 0 Å². The second-order valence-electron chi connectivity index (χ2n) is 6.98. The molecule has 2 amide bonds. The Balaban J connectivity index is 1.67. The number of nitrogens with one attached hydrogen (secondary N) is 2. The molecule has 0 unspecified atom stereocenters. The van der Waals surface area contributed by atoms with Gasteiger partial charge in [0, 0.05) is 38.8 Å². The fraction of sp³-hybridized carbons (Fsp3) is 0.579. The first-order valence-corrected chi connectivity index (χ1v) is 8.99. The average molecular weight is 346 g/mol. The van der Waals surface area contributed by atoms with Crippen LogP contribution in [-0.4, -0.2) is 66.9 Å². The van der Waals surface area contributed by atoms with Crippen LogP contribution in [0.5, 0.6) is 0 Å². The van der Waals surface area contributed by atoms with Crippen LogP contribution in [0.4, 0.5) is 0 Å². The number of rotatable bonds is 7. The van der Waals surface area contributed by atoms with Crippen molar-refractivity contribution in [1.82, 2.24) is 20.4 Å². The van der Waals surface area contributed by atoms with Gasteiger partial charge in [-0.15, -0.1) is 0 Å². The van der Waals surface area contributed by atoms with Crippen molar-refractivity contribution in [3.8, 4) is 0 Å². The summed E-state index contributed by atoms with van der Waals surface area (Å²) in [5.41, 5.74) is 2.69. The summed E-state index contributed by atoms with van der Waals surface area (Å²) in [6, 6.07) is 8.56. The maximum Gasteiger partial charge on any atom is 0.239 e. The monoisotopic (exact) mass is 346 g/mol. The van der Waals surface area contributed by atoms with Crippen LogP contribution in [-0.2, 0) is 16.1 Å². The Labute approximate surface area is 150 Å². The van der Waals surface area contributed by atoms with E-state index in [0.29, 0.717) is 6.54 Å². The molecule has 0 radical (unpaired) electrons. The van der Waals surface area contributed by atoms with Gasteiger partial charge in [0.2, 0.25) is 11.8 Å². The lowest BCUT2D eigenvalue weighted by atomic mass is 10.1. The molecule has 1 aromatic carbocycles. The van der Waals surface area contributed by atoms with Gasteiger partial charge in [-0.1, -0.05) is 24.3 Å². The highest BCUT2D eigenvalue weighted by Gasteiger charge is 2.19. The fourth-order valence-electron chi connectivity index (χ4n) is 2.94. The van der Waals surface area contributed by atoms with Gasteiger partial charge >= 0.3 is 0 Å². The highest BCUT2D eigenvalue weighted by Crippen LogP contribution is 2.12. The van der Waals surface area contributed by atoms with Crippen LogP contribution in [0.3, 0.4) is 0 Å². The van der Waals surface area contributed by atoms with Gasteiger partial charge in [-0.05, 0) is 31.9 Å². The van der Waals surface area contributed by atoms with Crippen LogP contribution in [0, 0.1) is 6.92 Å². The maximum atomic E-state index is 12.0. The van der Waals surface area contributed by atoms with E-state index in [4.69, 9.17) is 0 Å². The molecule has 0 bridgehead atoms. The standard InChI is InChI=1S/C19H30N4O2/c1-15(2)21-18(24)12-20-19(25)14-23-10-8-22(9-11-23)13-17-7-5-4-6-16(17)3/h4-7,15H,8-14H2,1-3H3,(H,20,25)(H,21,24). The van der Waals surface area contributed by atoms with Crippen molar-refractivity contribution in [2.24, 2.45) is 0 Å². The highest BCUT2D eigenvalue weighted by atomic mass is 16.2. The first kappa shape index (κ1) is 19.4. The molecule has 138 valence electrons. The Hall–Kier alpha value is -1.92. The second-order valence-corrected chi connectivity index (χ2v) is 6.98. The number of hydrogen-bond donors (Lipinski definition) is 2. The Morgan fingerprint density at radius 2 is 1.68 bits per heavy atom. The Morgan fingerprint density at radius 3 is 2.32 bits per heavy atom. The summed E-state index contributed by atoms with van der Waals surface area (Å²) >= 11 is 0. The molecule has 6 nitrogen and oxygen atoms in total. The van der Waals surface area contributed by atoms with Gasteiger partial charge in [0.15, 0.2) is 0 Å². The number of aryl methyl sites for hydroxylation is 1. The topological polar surface area (TPSA) is 64.7 Å². The molecule has 1 aliphatic heterocycles. The van der Waals surface area contributed by atoms with E-state index in [0.717, 1.165) is 32.7 Å². The molecule has 2 rings (SSSR count). The van der Waals surface area contributed by atoms with Crippen LogP contribution in [0.1, 0.15) is 25.0 Å². The molecule has 0 aliphatic carbocycles. The summed E-state index contributed by atoms with van der Waals surface area (Å²) in [4.78, 5) is 28.1. The third-order valence-electron chi connectivity index (χ3n) is 4.38. The summed E-state index contributed by atoms with van der Waals surface area (Å²) in [5, 5.41) is 5.45. The molecule has 0 atom stereocenters. The van der Waals surface area contributed by atoms with Crippen LogP contribution in [0.15, 0.2) is 24.3 Å². The van der Waals surface area contributed by atoms with Crippen LogP contribution < -0.4 is 10.6 Å². The van der Waals surface area contributed by atoms with E-state index in [1.807, 2.05) is 13.8 Å². The zero-order valence-corrected chi connectivity index (χ0v) is 15.5.